The van der Waals surface area contributed by atoms with Gasteiger partial charge in [0.25, 0.3) is 0 Å². The maximum absolute atomic E-state index is 12.6. The molecular formula is C24H26O5. The van der Waals surface area contributed by atoms with E-state index in [4.69, 9.17) is 14.2 Å². The Morgan fingerprint density at radius 1 is 0.862 bits per heavy atom. The average molecular weight is 394 g/mol. The molecule has 0 aromatic heterocycles. The molecule has 0 atom stereocenters. The number of allylic oxidation sites excluding steroid dienone is 1. The van der Waals surface area contributed by atoms with Crippen LogP contribution in [0.2, 0.25) is 0 Å². The fraction of sp³-hybridized carbons (Fsp3) is 0.250. The lowest BCUT2D eigenvalue weighted by atomic mass is 9.94. The summed E-state index contributed by atoms with van der Waals surface area (Å²) in [5.41, 5.74) is 3.03. The number of benzene rings is 2. The zero-order valence-corrected chi connectivity index (χ0v) is 17.2. The quantitative estimate of drug-likeness (QED) is 0.378. The smallest absolute Gasteiger partial charge is 0.339 e. The van der Waals surface area contributed by atoms with Crippen LogP contribution in [-0.2, 0) is 25.5 Å². The van der Waals surface area contributed by atoms with E-state index in [0.29, 0.717) is 17.9 Å². The maximum Gasteiger partial charge on any atom is 0.339 e. The normalized spacial score (nSPS) is 11.2. The minimum Gasteiger partial charge on any atom is -0.490 e. The molecule has 0 saturated carbocycles. The number of carbonyl (C=O) groups is 2. The zero-order chi connectivity index (χ0) is 21.2. The second-order valence-electron chi connectivity index (χ2n) is 6.62. The van der Waals surface area contributed by atoms with Crippen LogP contribution in [0.5, 0.6) is 5.75 Å². The molecule has 0 N–H and O–H groups in total. The summed E-state index contributed by atoms with van der Waals surface area (Å²) >= 11 is 0. The van der Waals surface area contributed by atoms with Gasteiger partial charge in [0, 0.05) is 6.42 Å². The van der Waals surface area contributed by atoms with Crippen molar-refractivity contribution >= 4 is 17.5 Å². The Morgan fingerprint density at radius 2 is 1.48 bits per heavy atom. The Bertz CT molecular complexity index is 889. The van der Waals surface area contributed by atoms with Gasteiger partial charge in [-0.2, -0.15) is 0 Å². The van der Waals surface area contributed by atoms with Crippen LogP contribution in [0.15, 0.2) is 71.8 Å². The molecule has 2 rings (SSSR count). The van der Waals surface area contributed by atoms with E-state index < -0.39 is 11.9 Å². The predicted molar refractivity (Wildman–Crippen MR) is 112 cm³/mol. The standard InChI is InChI=1S/C24H26O5/c1-17(2)14-15-29-20-12-10-19(11-13-20)22(24(26)28-4)21(23(25)27-3)16-18-8-6-5-7-9-18/h5-14H,15-16H2,1-4H3/b22-21-. The highest BCUT2D eigenvalue weighted by molar-refractivity contribution is 6.22. The van der Waals surface area contributed by atoms with E-state index in [1.807, 2.05) is 50.3 Å². The van der Waals surface area contributed by atoms with Gasteiger partial charge in [-0.1, -0.05) is 48.0 Å². The van der Waals surface area contributed by atoms with E-state index >= 15 is 0 Å². The van der Waals surface area contributed by atoms with Crippen LogP contribution in [0.3, 0.4) is 0 Å². The first-order valence-corrected chi connectivity index (χ1v) is 9.26. The minimum absolute atomic E-state index is 0.180. The van der Waals surface area contributed by atoms with Crippen molar-refractivity contribution in [2.45, 2.75) is 20.3 Å². The van der Waals surface area contributed by atoms with Gasteiger partial charge in [0.2, 0.25) is 0 Å². The summed E-state index contributed by atoms with van der Waals surface area (Å²) in [4.78, 5) is 25.1. The second-order valence-corrected chi connectivity index (χ2v) is 6.62. The Labute approximate surface area is 171 Å². The topological polar surface area (TPSA) is 61.8 Å². The first kappa shape index (κ1) is 22.0. The van der Waals surface area contributed by atoms with Crippen LogP contribution < -0.4 is 4.74 Å². The zero-order valence-electron chi connectivity index (χ0n) is 17.2. The van der Waals surface area contributed by atoms with Crippen LogP contribution in [0.4, 0.5) is 0 Å². The minimum atomic E-state index is -0.598. The summed E-state index contributed by atoms with van der Waals surface area (Å²) in [6, 6.07) is 16.4. The van der Waals surface area contributed by atoms with Gasteiger partial charge < -0.3 is 14.2 Å². The van der Waals surface area contributed by atoms with E-state index in [2.05, 4.69) is 0 Å². The molecule has 5 nitrogen and oxygen atoms in total. The molecular weight excluding hydrogens is 368 g/mol. The Balaban J connectivity index is 2.44. The van der Waals surface area contributed by atoms with Gasteiger partial charge in [-0.05, 0) is 43.2 Å². The van der Waals surface area contributed by atoms with Crippen molar-refractivity contribution in [3.63, 3.8) is 0 Å². The lowest BCUT2D eigenvalue weighted by molar-refractivity contribution is -0.137. The van der Waals surface area contributed by atoms with Crippen molar-refractivity contribution < 1.29 is 23.8 Å². The van der Waals surface area contributed by atoms with E-state index in [9.17, 15) is 9.59 Å². The number of hydrogen-bond donors (Lipinski definition) is 0. The van der Waals surface area contributed by atoms with E-state index in [0.717, 1.165) is 5.56 Å². The SMILES string of the molecule is COC(=O)/C(Cc1ccccc1)=C(\C(=O)OC)c1ccc(OCC=C(C)C)cc1. The molecule has 0 aliphatic rings. The molecule has 0 aliphatic carbocycles. The maximum atomic E-state index is 12.6. The molecule has 152 valence electrons. The summed E-state index contributed by atoms with van der Waals surface area (Å²) in [6.45, 7) is 4.46. The third kappa shape index (κ3) is 6.35. The molecule has 0 aliphatic heterocycles. The van der Waals surface area contributed by atoms with Crippen molar-refractivity contribution in [3.8, 4) is 5.75 Å². The molecule has 0 unspecified atom stereocenters. The Kier molecular flexibility index (Phi) is 8.22. The van der Waals surface area contributed by atoms with Gasteiger partial charge in [-0.25, -0.2) is 9.59 Å². The van der Waals surface area contributed by atoms with E-state index in [1.54, 1.807) is 24.3 Å². The number of hydrogen-bond acceptors (Lipinski definition) is 5. The molecule has 2 aromatic rings. The third-order valence-electron chi connectivity index (χ3n) is 4.23. The summed E-state index contributed by atoms with van der Waals surface area (Å²) in [5, 5.41) is 0. The molecule has 0 amide bonds. The van der Waals surface area contributed by atoms with Crippen molar-refractivity contribution in [1.29, 1.82) is 0 Å². The lowest BCUT2D eigenvalue weighted by Gasteiger charge is -2.14. The highest BCUT2D eigenvalue weighted by atomic mass is 16.5. The molecule has 0 spiro atoms. The van der Waals surface area contributed by atoms with Gasteiger partial charge in [0.15, 0.2) is 0 Å². The van der Waals surface area contributed by atoms with Crippen LogP contribution >= 0.6 is 0 Å². The van der Waals surface area contributed by atoms with Gasteiger partial charge in [-0.15, -0.1) is 0 Å². The molecule has 2 aromatic carbocycles. The molecule has 0 heterocycles. The molecule has 5 heteroatoms. The van der Waals surface area contributed by atoms with Crippen molar-refractivity contribution in [3.05, 3.63) is 82.9 Å². The largest absolute Gasteiger partial charge is 0.490 e. The fourth-order valence-electron chi connectivity index (χ4n) is 2.73. The van der Waals surface area contributed by atoms with Crippen LogP contribution in [-0.4, -0.2) is 32.8 Å². The highest BCUT2D eigenvalue weighted by Crippen LogP contribution is 2.26. The average Bonchev–Trinajstić information content (AvgIpc) is 2.74. The van der Waals surface area contributed by atoms with E-state index in [1.165, 1.54) is 19.8 Å². The fourth-order valence-corrected chi connectivity index (χ4v) is 2.73. The summed E-state index contributed by atoms with van der Waals surface area (Å²) in [6.07, 6.45) is 2.22. The molecule has 0 bridgehead atoms. The van der Waals surface area contributed by atoms with Gasteiger partial charge in [-0.3, -0.25) is 0 Å². The summed E-state index contributed by atoms with van der Waals surface area (Å²) in [7, 11) is 2.58. The van der Waals surface area contributed by atoms with Gasteiger partial charge >= 0.3 is 11.9 Å². The number of esters is 2. The monoisotopic (exact) mass is 394 g/mol. The number of rotatable bonds is 8. The molecule has 29 heavy (non-hydrogen) atoms. The molecule has 0 radical (unpaired) electrons. The van der Waals surface area contributed by atoms with Crippen molar-refractivity contribution in [2.24, 2.45) is 0 Å². The molecule has 0 saturated heterocycles. The summed E-state index contributed by atoms with van der Waals surface area (Å²) in [5.74, 6) is -0.504. The first-order chi connectivity index (χ1) is 14.0. The molecule has 0 fully saturated rings. The lowest BCUT2D eigenvalue weighted by Crippen LogP contribution is -2.16. The number of methoxy groups -OCH3 is 2. The first-order valence-electron chi connectivity index (χ1n) is 9.26. The second kappa shape index (κ2) is 10.9. The highest BCUT2D eigenvalue weighted by Gasteiger charge is 2.24. The third-order valence-corrected chi connectivity index (χ3v) is 4.23. The van der Waals surface area contributed by atoms with Gasteiger partial charge in [0.1, 0.15) is 12.4 Å². The van der Waals surface area contributed by atoms with E-state index in [-0.39, 0.29) is 17.6 Å². The number of ether oxygens (including phenoxy) is 3. The Hall–Kier alpha value is -3.34. The predicted octanol–water partition coefficient (Wildman–Crippen LogP) is 4.37. The van der Waals surface area contributed by atoms with Crippen LogP contribution in [0.25, 0.3) is 5.57 Å². The Morgan fingerprint density at radius 3 is 2.03 bits per heavy atom. The van der Waals surface area contributed by atoms with Crippen molar-refractivity contribution in [1.82, 2.24) is 0 Å². The number of carbonyl (C=O) groups excluding carboxylic acids is 2. The van der Waals surface area contributed by atoms with Crippen molar-refractivity contribution in [2.75, 3.05) is 20.8 Å². The van der Waals surface area contributed by atoms with Crippen LogP contribution in [0.1, 0.15) is 25.0 Å². The van der Waals surface area contributed by atoms with Crippen LogP contribution in [0, 0.1) is 0 Å². The summed E-state index contributed by atoms with van der Waals surface area (Å²) < 4.78 is 15.6. The van der Waals surface area contributed by atoms with Gasteiger partial charge in [0.05, 0.1) is 25.4 Å².